The van der Waals surface area contributed by atoms with E-state index in [2.05, 4.69) is 9.88 Å². The first kappa shape index (κ1) is 12.8. The first-order chi connectivity index (χ1) is 7.91. The molecule has 0 bridgehead atoms. The Morgan fingerprint density at radius 1 is 1.00 bits per heavy atom. The topological polar surface area (TPSA) is 34.1 Å². The van der Waals surface area contributed by atoms with Crippen molar-refractivity contribution in [2.45, 2.75) is 14.8 Å². The van der Waals surface area contributed by atoms with Crippen LogP contribution in [-0.2, 0) is 10.2 Å². The zero-order valence-electron chi connectivity index (χ0n) is 9.64. The van der Waals surface area contributed by atoms with Crippen molar-refractivity contribution in [3.8, 4) is 0 Å². The van der Waals surface area contributed by atoms with Crippen molar-refractivity contribution < 1.29 is 12.3 Å². The summed E-state index contributed by atoms with van der Waals surface area (Å²) in [5, 5.41) is 1.38. The fourth-order valence-corrected chi connectivity index (χ4v) is 6.61. The van der Waals surface area contributed by atoms with Gasteiger partial charge in [-0.3, -0.25) is 0 Å². The van der Waals surface area contributed by atoms with Gasteiger partial charge in [0.25, 0.3) is 0 Å². The predicted octanol–water partition coefficient (Wildman–Crippen LogP) is 2.19. The molecule has 0 aliphatic carbocycles. The molecule has 2 aromatic rings. The molecule has 0 saturated heterocycles. The van der Waals surface area contributed by atoms with Crippen LogP contribution in [0.1, 0.15) is 0 Å². The molecule has 0 atom stereocenters. The normalized spacial score (nSPS) is 12.2. The Kier molecular flexibility index (Phi) is 3.45. The minimum absolute atomic E-state index is 0.219. The van der Waals surface area contributed by atoms with Gasteiger partial charge < -0.3 is 0 Å². The second-order valence-corrected chi connectivity index (χ2v) is 14.0. The molecule has 0 aliphatic heterocycles. The molecular weight excluding hydrogens is 346 g/mol. The molecule has 2 rings (SSSR count). The minimum atomic E-state index is -4.65. The van der Waals surface area contributed by atoms with Crippen LogP contribution in [0, 0.1) is 0 Å². The number of hydrogen-bond acceptors (Lipinski definition) is 2. The molecule has 0 saturated carbocycles. The molecule has 0 aromatic heterocycles. The van der Waals surface area contributed by atoms with Crippen LogP contribution >= 0.6 is 0 Å². The Morgan fingerprint density at radius 3 is 2.18 bits per heavy atom. The summed E-state index contributed by atoms with van der Waals surface area (Å²) in [6.45, 7) is 0. The molecule has 2 nitrogen and oxygen atoms in total. The maximum absolute atomic E-state index is 13.2. The van der Waals surface area contributed by atoms with Gasteiger partial charge in [-0.15, -0.1) is 0 Å². The summed E-state index contributed by atoms with van der Waals surface area (Å²) >= 11 is -1.75. The van der Waals surface area contributed by atoms with Crippen LogP contribution in [0.2, 0.25) is 9.88 Å². The van der Waals surface area contributed by atoms with E-state index in [0.29, 0.717) is 5.39 Å². The number of halogens is 1. The molecule has 5 heteroatoms. The molecule has 17 heavy (non-hydrogen) atoms. The average molecular weight is 359 g/mol. The van der Waals surface area contributed by atoms with E-state index in [1.165, 1.54) is 9.65 Å². The Morgan fingerprint density at radius 2 is 1.59 bits per heavy atom. The molecule has 0 fully saturated rings. The van der Waals surface area contributed by atoms with Gasteiger partial charge >= 0.3 is 108 Å². The van der Waals surface area contributed by atoms with Crippen molar-refractivity contribution in [3.05, 3.63) is 36.4 Å². The van der Waals surface area contributed by atoms with E-state index in [1.807, 2.05) is 18.2 Å². The Hall–Kier alpha value is -0.621. The second-order valence-electron chi connectivity index (χ2n) is 4.29. The van der Waals surface area contributed by atoms with Gasteiger partial charge in [0.2, 0.25) is 0 Å². The zero-order chi connectivity index (χ0) is 12.6. The van der Waals surface area contributed by atoms with Crippen LogP contribution in [0.25, 0.3) is 10.8 Å². The van der Waals surface area contributed by atoms with Crippen molar-refractivity contribution in [1.29, 1.82) is 0 Å². The maximum atomic E-state index is 13.2. The average Bonchev–Trinajstić information content (AvgIpc) is 2.26. The van der Waals surface area contributed by atoms with Crippen LogP contribution in [0.5, 0.6) is 0 Å². The molecule has 0 amide bonds. The van der Waals surface area contributed by atoms with Crippen molar-refractivity contribution >= 4 is 44.3 Å². The summed E-state index contributed by atoms with van der Waals surface area (Å²) in [5.74, 6) is 0. The monoisotopic (exact) mass is 360 g/mol. The van der Waals surface area contributed by atoms with Gasteiger partial charge in [0, 0.05) is 0 Å². The number of benzene rings is 2. The van der Waals surface area contributed by atoms with E-state index in [-0.39, 0.29) is 4.90 Å². The van der Waals surface area contributed by atoms with Crippen LogP contribution in [0.4, 0.5) is 3.89 Å². The first-order valence-electron chi connectivity index (χ1n) is 5.37. The van der Waals surface area contributed by atoms with Gasteiger partial charge in [0.05, 0.1) is 0 Å². The molecular formula is C12H13FO2SSn. The summed E-state index contributed by atoms with van der Waals surface area (Å²) in [6, 6.07) is 10.3. The number of fused-ring (bicyclic) bond motifs is 1. The van der Waals surface area contributed by atoms with Gasteiger partial charge in [0.1, 0.15) is 0 Å². The van der Waals surface area contributed by atoms with Crippen LogP contribution in [0.3, 0.4) is 0 Å². The quantitative estimate of drug-likeness (QED) is 0.609. The summed E-state index contributed by atoms with van der Waals surface area (Å²) in [5.41, 5.74) is 0. The fourth-order valence-electron chi connectivity index (χ4n) is 2.02. The van der Waals surface area contributed by atoms with E-state index in [9.17, 15) is 12.3 Å². The summed E-state index contributed by atoms with van der Waals surface area (Å²) in [6.07, 6.45) is 0. The molecule has 0 aliphatic rings. The predicted molar refractivity (Wildman–Crippen MR) is 70.8 cm³/mol. The van der Waals surface area contributed by atoms with Crippen molar-refractivity contribution in [3.63, 3.8) is 0 Å². The Bertz CT molecular complexity index is 665. The molecule has 0 spiro atoms. The molecule has 0 radical (unpaired) electrons. The summed E-state index contributed by atoms with van der Waals surface area (Å²) < 4.78 is 36.6. The van der Waals surface area contributed by atoms with E-state index < -0.39 is 30.0 Å². The molecule has 2 aromatic carbocycles. The van der Waals surface area contributed by atoms with Crippen molar-refractivity contribution in [1.82, 2.24) is 0 Å². The van der Waals surface area contributed by atoms with E-state index >= 15 is 0 Å². The third-order valence-corrected chi connectivity index (χ3v) is 8.67. The molecule has 0 heterocycles. The Labute approximate surface area is 107 Å². The van der Waals surface area contributed by atoms with Crippen molar-refractivity contribution in [2.24, 2.45) is 0 Å². The van der Waals surface area contributed by atoms with Crippen LogP contribution in [-0.4, -0.2) is 28.2 Å². The molecule has 0 unspecified atom stereocenters. The van der Waals surface area contributed by atoms with Gasteiger partial charge in [-0.05, 0) is 0 Å². The number of hydrogen-bond donors (Lipinski definition) is 0. The zero-order valence-corrected chi connectivity index (χ0v) is 13.8. The summed E-state index contributed by atoms with van der Waals surface area (Å²) in [4.78, 5) is 4.24. The SMILES string of the molecule is [CH3][SnH]([CH3])[c]1cccc2c(S(=O)(=O)F)cccc12. The first-order valence-corrected chi connectivity index (χ1v) is 15.0. The van der Waals surface area contributed by atoms with E-state index in [1.54, 1.807) is 12.1 Å². The van der Waals surface area contributed by atoms with Crippen LogP contribution in [0.15, 0.2) is 41.3 Å². The van der Waals surface area contributed by atoms with Gasteiger partial charge in [-0.2, -0.15) is 0 Å². The third-order valence-electron chi connectivity index (χ3n) is 2.80. The fraction of sp³-hybridized carbons (Fsp3) is 0.167. The second kappa shape index (κ2) is 4.57. The summed E-state index contributed by atoms with van der Waals surface area (Å²) in [7, 11) is -4.65. The van der Waals surface area contributed by atoms with Crippen molar-refractivity contribution in [2.75, 3.05) is 0 Å². The standard InChI is InChI=1S/C10H6FO2S.2CH3.Sn.H/c11-14(12,13)10-7-3-5-8-4-1-2-6-9(8)10;;;;/h1-3,5-7H;2*1H3;;. The Balaban J connectivity index is 2.89. The van der Waals surface area contributed by atoms with E-state index in [0.717, 1.165) is 5.39 Å². The van der Waals surface area contributed by atoms with E-state index in [4.69, 9.17) is 0 Å². The molecule has 0 N–H and O–H groups in total. The number of rotatable bonds is 2. The van der Waals surface area contributed by atoms with Gasteiger partial charge in [-0.25, -0.2) is 0 Å². The van der Waals surface area contributed by atoms with Gasteiger partial charge in [0.15, 0.2) is 0 Å². The van der Waals surface area contributed by atoms with Gasteiger partial charge in [-0.1, -0.05) is 0 Å². The molecule has 90 valence electrons. The van der Waals surface area contributed by atoms with Crippen LogP contribution < -0.4 is 3.58 Å². The third kappa shape index (κ3) is 2.47.